The van der Waals surface area contributed by atoms with E-state index < -0.39 is 10.0 Å². The fourth-order valence-electron chi connectivity index (χ4n) is 4.43. The summed E-state index contributed by atoms with van der Waals surface area (Å²) in [6.07, 6.45) is 3.69. The number of thiophene rings is 1. The molecular weight excluding hydrogens is 579 g/mol. The zero-order valence-electron chi connectivity index (χ0n) is 22.6. The second kappa shape index (κ2) is 13.3. The first-order valence-electron chi connectivity index (χ1n) is 13.4. The number of nitrogens with one attached hydrogen (secondary N) is 3. The van der Waals surface area contributed by atoms with Gasteiger partial charge in [-0.1, -0.05) is 25.5 Å². The molecule has 1 aliphatic heterocycles. The van der Waals surface area contributed by atoms with Gasteiger partial charge in [-0.25, -0.2) is 18.1 Å². The lowest BCUT2D eigenvalue weighted by atomic mass is 10.2. The SMILES string of the molecule is CCCCNc1nc(NCc2csc(-c3cccs3)n2)nc(N2CCC[C@@H]2CNS(=O)(=O)c2cccc(C#N)c2)n1. The number of sulfonamides is 1. The van der Waals surface area contributed by atoms with Crippen LogP contribution in [0.2, 0.25) is 0 Å². The molecule has 0 spiro atoms. The number of nitriles is 1. The summed E-state index contributed by atoms with van der Waals surface area (Å²) in [7, 11) is -3.78. The first kappa shape index (κ1) is 28.9. The molecule has 4 aromatic rings. The van der Waals surface area contributed by atoms with Crippen molar-refractivity contribution in [1.82, 2.24) is 24.7 Å². The molecule has 1 fully saturated rings. The first-order chi connectivity index (χ1) is 19.9. The van der Waals surface area contributed by atoms with E-state index in [1.165, 1.54) is 12.1 Å². The molecule has 0 bridgehead atoms. The number of rotatable bonds is 13. The zero-order chi connectivity index (χ0) is 28.7. The van der Waals surface area contributed by atoms with Crippen LogP contribution >= 0.6 is 22.7 Å². The van der Waals surface area contributed by atoms with Gasteiger partial charge in [-0.15, -0.1) is 22.7 Å². The molecule has 1 aromatic carbocycles. The fraction of sp³-hybridized carbons (Fsp3) is 0.370. The van der Waals surface area contributed by atoms with E-state index >= 15 is 0 Å². The van der Waals surface area contributed by atoms with Gasteiger partial charge in [-0.05, 0) is 48.9 Å². The van der Waals surface area contributed by atoms with E-state index in [9.17, 15) is 8.42 Å². The van der Waals surface area contributed by atoms with Gasteiger partial charge in [-0.3, -0.25) is 0 Å². The zero-order valence-corrected chi connectivity index (χ0v) is 25.0. The van der Waals surface area contributed by atoms with Crippen LogP contribution in [0, 0.1) is 11.3 Å². The number of nitrogens with zero attached hydrogens (tertiary/aromatic N) is 6. The van der Waals surface area contributed by atoms with Gasteiger partial charge in [-0.2, -0.15) is 20.2 Å². The third-order valence-electron chi connectivity index (χ3n) is 6.56. The highest BCUT2D eigenvalue weighted by Gasteiger charge is 2.29. The van der Waals surface area contributed by atoms with Crippen molar-refractivity contribution in [2.75, 3.05) is 35.2 Å². The lowest BCUT2D eigenvalue weighted by Gasteiger charge is -2.25. The van der Waals surface area contributed by atoms with Gasteiger partial charge >= 0.3 is 0 Å². The fourth-order valence-corrected chi connectivity index (χ4v) is 7.18. The molecule has 41 heavy (non-hydrogen) atoms. The first-order valence-corrected chi connectivity index (χ1v) is 16.7. The molecule has 3 N–H and O–H groups in total. The molecule has 4 heterocycles. The Morgan fingerprint density at radius 1 is 1.10 bits per heavy atom. The second-order valence-corrected chi connectivity index (χ2v) is 13.1. The molecule has 11 nitrogen and oxygen atoms in total. The molecule has 214 valence electrons. The van der Waals surface area contributed by atoms with Gasteiger partial charge in [0.25, 0.3) is 0 Å². The summed E-state index contributed by atoms with van der Waals surface area (Å²) in [5, 5.41) is 20.8. The van der Waals surface area contributed by atoms with E-state index in [4.69, 9.17) is 15.2 Å². The summed E-state index contributed by atoms with van der Waals surface area (Å²) in [5.74, 6) is 1.40. The maximum Gasteiger partial charge on any atom is 0.240 e. The van der Waals surface area contributed by atoms with Crippen molar-refractivity contribution >= 4 is 50.5 Å². The highest BCUT2D eigenvalue weighted by Crippen LogP contribution is 2.28. The second-order valence-electron chi connectivity index (χ2n) is 9.52. The Balaban J connectivity index is 1.30. The minimum absolute atomic E-state index is 0.0689. The van der Waals surface area contributed by atoms with Crippen molar-refractivity contribution in [3.63, 3.8) is 0 Å². The molecule has 1 atom stereocenters. The predicted molar refractivity (Wildman–Crippen MR) is 163 cm³/mol. The Kier molecular flexibility index (Phi) is 9.40. The van der Waals surface area contributed by atoms with Crippen molar-refractivity contribution in [3.05, 3.63) is 58.4 Å². The Morgan fingerprint density at radius 2 is 1.95 bits per heavy atom. The molecule has 1 saturated heterocycles. The van der Waals surface area contributed by atoms with Crippen LogP contribution in [0.1, 0.15) is 43.9 Å². The van der Waals surface area contributed by atoms with Crippen LogP contribution in [0.3, 0.4) is 0 Å². The van der Waals surface area contributed by atoms with Crippen molar-refractivity contribution in [3.8, 4) is 16.0 Å². The monoisotopic (exact) mass is 609 g/mol. The minimum atomic E-state index is -3.78. The summed E-state index contributed by atoms with van der Waals surface area (Å²) >= 11 is 3.27. The lowest BCUT2D eigenvalue weighted by Crippen LogP contribution is -2.41. The molecule has 0 unspecified atom stereocenters. The number of benzene rings is 1. The van der Waals surface area contributed by atoms with Crippen molar-refractivity contribution in [1.29, 1.82) is 5.26 Å². The molecule has 0 radical (unpaired) electrons. The Bertz CT molecular complexity index is 1600. The Morgan fingerprint density at radius 3 is 2.73 bits per heavy atom. The maximum absolute atomic E-state index is 12.9. The van der Waals surface area contributed by atoms with Crippen LogP contribution in [-0.2, 0) is 16.6 Å². The van der Waals surface area contributed by atoms with E-state index in [-0.39, 0.29) is 17.5 Å². The Labute approximate surface area is 247 Å². The van der Waals surface area contributed by atoms with Crippen LogP contribution in [0.5, 0.6) is 0 Å². The number of aromatic nitrogens is 4. The predicted octanol–water partition coefficient (Wildman–Crippen LogP) is 4.70. The molecule has 1 aliphatic rings. The summed E-state index contributed by atoms with van der Waals surface area (Å²) < 4.78 is 28.6. The molecule has 0 saturated carbocycles. The van der Waals surface area contributed by atoms with Crippen LogP contribution in [0.15, 0.2) is 52.1 Å². The summed E-state index contributed by atoms with van der Waals surface area (Å²) in [6.45, 7) is 4.21. The van der Waals surface area contributed by atoms with E-state index in [1.54, 1.807) is 34.8 Å². The largest absolute Gasteiger partial charge is 0.354 e. The molecule has 3 aromatic heterocycles. The molecule has 14 heteroatoms. The third-order valence-corrected chi connectivity index (χ3v) is 9.92. The average Bonchev–Trinajstić information content (AvgIpc) is 3.77. The van der Waals surface area contributed by atoms with Gasteiger partial charge in [0.05, 0.1) is 33.6 Å². The average molecular weight is 610 g/mol. The molecule has 5 rings (SSSR count). The van der Waals surface area contributed by atoms with Crippen LogP contribution in [0.4, 0.5) is 17.8 Å². The van der Waals surface area contributed by atoms with Crippen molar-refractivity contribution in [2.45, 2.75) is 50.1 Å². The lowest BCUT2D eigenvalue weighted by molar-refractivity contribution is 0.565. The van der Waals surface area contributed by atoms with Crippen LogP contribution in [-0.4, -0.2) is 54.0 Å². The van der Waals surface area contributed by atoms with E-state index in [1.807, 2.05) is 27.8 Å². The smallest absolute Gasteiger partial charge is 0.240 e. The van der Waals surface area contributed by atoms with E-state index in [0.29, 0.717) is 36.5 Å². The van der Waals surface area contributed by atoms with Gasteiger partial charge < -0.3 is 15.5 Å². The highest BCUT2D eigenvalue weighted by atomic mass is 32.2. The maximum atomic E-state index is 12.9. The summed E-state index contributed by atoms with van der Waals surface area (Å²) in [5.41, 5.74) is 1.19. The topological polar surface area (TPSA) is 149 Å². The van der Waals surface area contributed by atoms with Crippen LogP contribution in [0.25, 0.3) is 9.88 Å². The quantitative estimate of drug-likeness (QED) is 0.182. The standard InChI is InChI=1S/C27H31N9O2S3/c1-2-3-11-29-25-33-26(30-16-20-18-40-24(32-20)23-10-6-13-39-23)35-27(34-25)36-12-5-8-21(36)17-31-41(37,38)22-9-4-7-19(14-22)15-28/h4,6-7,9-10,13-14,18,21,31H,2-3,5,8,11-12,16-17H2,1H3,(H2,29,30,33,34,35)/t21-/m1/s1. The van der Waals surface area contributed by atoms with Crippen molar-refractivity contribution in [2.24, 2.45) is 0 Å². The summed E-state index contributed by atoms with van der Waals surface area (Å²) in [6, 6.07) is 11.9. The molecular formula is C27H31N9O2S3. The number of hydrogen-bond acceptors (Lipinski definition) is 12. The highest BCUT2D eigenvalue weighted by molar-refractivity contribution is 7.89. The van der Waals surface area contributed by atoms with Gasteiger partial charge in [0.2, 0.25) is 27.9 Å². The third kappa shape index (κ3) is 7.36. The summed E-state index contributed by atoms with van der Waals surface area (Å²) in [4.78, 5) is 21.9. The van der Waals surface area contributed by atoms with Crippen LogP contribution < -0.4 is 20.3 Å². The molecule has 0 aliphatic carbocycles. The number of anilines is 3. The minimum Gasteiger partial charge on any atom is -0.354 e. The van der Waals surface area contributed by atoms with E-state index in [2.05, 4.69) is 38.3 Å². The normalized spacial score (nSPS) is 15.1. The van der Waals surface area contributed by atoms with Crippen molar-refractivity contribution < 1.29 is 8.42 Å². The molecule has 0 amide bonds. The van der Waals surface area contributed by atoms with Gasteiger partial charge in [0.15, 0.2) is 0 Å². The number of unbranched alkanes of at least 4 members (excludes halogenated alkanes) is 1. The van der Waals surface area contributed by atoms with Gasteiger partial charge in [0.1, 0.15) is 5.01 Å². The van der Waals surface area contributed by atoms with Gasteiger partial charge in [0, 0.05) is 31.1 Å². The van der Waals surface area contributed by atoms with E-state index in [0.717, 1.165) is 47.8 Å². The number of thiazole rings is 1. The number of hydrogen-bond donors (Lipinski definition) is 3. The Hall–Kier alpha value is -3.64.